The van der Waals surface area contributed by atoms with Gasteiger partial charge in [-0.05, 0) is 10.8 Å². The summed E-state index contributed by atoms with van der Waals surface area (Å²) in [5.41, 5.74) is 0.0558. The summed E-state index contributed by atoms with van der Waals surface area (Å²) in [5.74, 6) is 4.61. The number of aromatic amines is 1. The molecule has 0 amide bonds. The molecule has 0 spiro atoms. The average Bonchev–Trinajstić information content (AvgIpc) is 2.53. The zero-order valence-corrected chi connectivity index (χ0v) is 6.44. The van der Waals surface area contributed by atoms with Crippen molar-refractivity contribution in [3.05, 3.63) is 22.1 Å². The molecule has 6 heteroatoms. The SMILES string of the molecule is N#CCC#Cc1nc[nH]c1[N+](=O)[O-]. The summed E-state index contributed by atoms with van der Waals surface area (Å²) in [7, 11) is 0. The highest BCUT2D eigenvalue weighted by atomic mass is 16.6. The van der Waals surface area contributed by atoms with Crippen molar-refractivity contribution in [3.63, 3.8) is 0 Å². The average molecular weight is 176 g/mol. The van der Waals surface area contributed by atoms with Gasteiger partial charge in [0.25, 0.3) is 0 Å². The molecule has 0 aromatic carbocycles. The van der Waals surface area contributed by atoms with Gasteiger partial charge in [-0.15, -0.1) is 0 Å². The number of nitro groups is 1. The second kappa shape index (κ2) is 3.88. The van der Waals surface area contributed by atoms with Gasteiger partial charge in [0.05, 0.1) is 12.5 Å². The molecule has 0 saturated heterocycles. The Morgan fingerprint density at radius 3 is 3.15 bits per heavy atom. The molecule has 0 aliphatic rings. The first-order valence-corrected chi connectivity index (χ1v) is 3.29. The van der Waals surface area contributed by atoms with E-state index in [4.69, 9.17) is 5.26 Å². The van der Waals surface area contributed by atoms with E-state index >= 15 is 0 Å². The second-order valence-corrected chi connectivity index (χ2v) is 1.99. The molecule has 13 heavy (non-hydrogen) atoms. The molecule has 0 atom stereocenters. The van der Waals surface area contributed by atoms with Gasteiger partial charge in [0.15, 0.2) is 6.33 Å². The molecular weight excluding hydrogens is 172 g/mol. The summed E-state index contributed by atoms with van der Waals surface area (Å²) in [6.07, 6.45) is 1.22. The van der Waals surface area contributed by atoms with Crippen LogP contribution in [0.25, 0.3) is 0 Å². The van der Waals surface area contributed by atoms with Crippen molar-refractivity contribution in [3.8, 4) is 17.9 Å². The van der Waals surface area contributed by atoms with Gasteiger partial charge in [0, 0.05) is 0 Å². The number of nitriles is 1. The zero-order valence-electron chi connectivity index (χ0n) is 6.44. The van der Waals surface area contributed by atoms with E-state index in [-0.39, 0.29) is 17.9 Å². The molecule has 0 aliphatic heterocycles. The summed E-state index contributed by atoms with van der Waals surface area (Å²) in [6, 6.07) is 1.80. The van der Waals surface area contributed by atoms with Gasteiger partial charge in [-0.25, -0.2) is 4.98 Å². The molecule has 1 aromatic rings. The van der Waals surface area contributed by atoms with Crippen LogP contribution in [-0.4, -0.2) is 14.9 Å². The summed E-state index contributed by atoms with van der Waals surface area (Å²) in [5, 5.41) is 18.5. The fourth-order valence-electron chi connectivity index (χ4n) is 0.686. The number of hydrogen-bond acceptors (Lipinski definition) is 4. The molecule has 6 nitrogen and oxygen atoms in total. The van der Waals surface area contributed by atoms with Crippen molar-refractivity contribution >= 4 is 5.82 Å². The number of hydrogen-bond donors (Lipinski definition) is 1. The molecule has 0 aliphatic carbocycles. The van der Waals surface area contributed by atoms with E-state index in [2.05, 4.69) is 21.8 Å². The van der Waals surface area contributed by atoms with E-state index < -0.39 is 4.92 Å². The fraction of sp³-hybridized carbons (Fsp3) is 0.143. The number of aromatic nitrogens is 2. The van der Waals surface area contributed by atoms with Crippen molar-refractivity contribution in [1.82, 2.24) is 9.97 Å². The van der Waals surface area contributed by atoms with Crippen LogP contribution in [0.3, 0.4) is 0 Å². The maximum Gasteiger partial charge on any atom is 0.356 e. The van der Waals surface area contributed by atoms with Crippen molar-refractivity contribution in [2.24, 2.45) is 0 Å². The Morgan fingerprint density at radius 1 is 1.77 bits per heavy atom. The first-order chi connectivity index (χ1) is 6.25. The van der Waals surface area contributed by atoms with Gasteiger partial charge in [0.1, 0.15) is 0 Å². The van der Waals surface area contributed by atoms with Gasteiger partial charge in [0.2, 0.25) is 5.69 Å². The highest BCUT2D eigenvalue weighted by molar-refractivity contribution is 5.40. The first kappa shape index (κ1) is 8.75. The Hall–Kier alpha value is -2.34. The Kier molecular flexibility index (Phi) is 2.61. The van der Waals surface area contributed by atoms with E-state index in [1.165, 1.54) is 6.33 Å². The second-order valence-electron chi connectivity index (χ2n) is 1.99. The molecule has 0 unspecified atom stereocenters. The smallest absolute Gasteiger partial charge is 0.356 e. The molecule has 0 fully saturated rings. The first-order valence-electron chi connectivity index (χ1n) is 3.29. The number of nitrogens with one attached hydrogen (secondary N) is 1. The van der Waals surface area contributed by atoms with Crippen LogP contribution in [0.4, 0.5) is 5.82 Å². The third-order valence-corrected chi connectivity index (χ3v) is 1.18. The Labute approximate surface area is 73.4 Å². The molecule has 1 heterocycles. The number of rotatable bonds is 1. The molecule has 1 aromatic heterocycles. The van der Waals surface area contributed by atoms with Gasteiger partial charge in [-0.2, -0.15) is 10.2 Å². The van der Waals surface area contributed by atoms with Crippen molar-refractivity contribution < 1.29 is 4.92 Å². The summed E-state index contributed by atoms with van der Waals surface area (Å²) >= 11 is 0. The lowest BCUT2D eigenvalue weighted by Crippen LogP contribution is -1.90. The van der Waals surface area contributed by atoms with Crippen LogP contribution in [0.15, 0.2) is 6.33 Å². The van der Waals surface area contributed by atoms with E-state index in [0.717, 1.165) is 0 Å². The maximum atomic E-state index is 10.3. The minimum Gasteiger partial charge on any atom is -0.358 e. The van der Waals surface area contributed by atoms with Gasteiger partial charge in [-0.1, -0.05) is 5.92 Å². The topological polar surface area (TPSA) is 95.6 Å². The molecule has 0 bridgehead atoms. The van der Waals surface area contributed by atoms with Gasteiger partial charge in [-0.3, -0.25) is 0 Å². The summed E-state index contributed by atoms with van der Waals surface area (Å²) in [4.78, 5) is 15.7. The zero-order chi connectivity index (χ0) is 9.68. The highest BCUT2D eigenvalue weighted by Crippen LogP contribution is 2.09. The normalized spacial score (nSPS) is 8.23. The number of H-pyrrole nitrogens is 1. The van der Waals surface area contributed by atoms with E-state index in [1.807, 2.05) is 0 Å². The van der Waals surface area contributed by atoms with Crippen LogP contribution in [0, 0.1) is 33.3 Å². The molecule has 0 radical (unpaired) electrons. The van der Waals surface area contributed by atoms with Crippen LogP contribution in [0.1, 0.15) is 12.1 Å². The van der Waals surface area contributed by atoms with Crippen LogP contribution >= 0.6 is 0 Å². The predicted molar refractivity (Wildman–Crippen MR) is 42.4 cm³/mol. The lowest BCUT2D eigenvalue weighted by molar-refractivity contribution is -0.389. The summed E-state index contributed by atoms with van der Waals surface area (Å²) < 4.78 is 0. The minimum atomic E-state index is -0.608. The molecular formula is C7H4N4O2. The van der Waals surface area contributed by atoms with Gasteiger partial charge >= 0.3 is 5.82 Å². The molecule has 64 valence electrons. The monoisotopic (exact) mass is 176 g/mol. The molecule has 1 N–H and O–H groups in total. The van der Waals surface area contributed by atoms with E-state index in [9.17, 15) is 10.1 Å². The van der Waals surface area contributed by atoms with E-state index in [1.54, 1.807) is 6.07 Å². The lowest BCUT2D eigenvalue weighted by atomic mass is 10.4. The quantitative estimate of drug-likeness (QED) is 0.384. The van der Waals surface area contributed by atoms with Crippen LogP contribution in [-0.2, 0) is 0 Å². The lowest BCUT2D eigenvalue weighted by Gasteiger charge is -1.87. The third kappa shape index (κ3) is 2.04. The number of nitrogens with zero attached hydrogens (tertiary/aromatic N) is 3. The largest absolute Gasteiger partial charge is 0.358 e. The van der Waals surface area contributed by atoms with Crippen LogP contribution in [0.5, 0.6) is 0 Å². The van der Waals surface area contributed by atoms with Crippen molar-refractivity contribution in [1.29, 1.82) is 5.26 Å². The predicted octanol–water partition coefficient (Wildman–Crippen LogP) is 0.583. The minimum absolute atomic E-state index is 0.0318. The fourth-order valence-corrected chi connectivity index (χ4v) is 0.686. The maximum absolute atomic E-state index is 10.3. The molecule has 0 saturated carbocycles. The number of imidazole rings is 1. The Balaban J connectivity index is 2.92. The third-order valence-electron chi connectivity index (χ3n) is 1.18. The van der Waals surface area contributed by atoms with Gasteiger partial charge < -0.3 is 10.1 Å². The van der Waals surface area contributed by atoms with E-state index in [0.29, 0.717) is 0 Å². The highest BCUT2D eigenvalue weighted by Gasteiger charge is 2.11. The van der Waals surface area contributed by atoms with Crippen LogP contribution in [0.2, 0.25) is 0 Å². The van der Waals surface area contributed by atoms with Crippen LogP contribution < -0.4 is 0 Å². The Bertz CT molecular complexity index is 418. The summed E-state index contributed by atoms with van der Waals surface area (Å²) in [6.45, 7) is 0. The van der Waals surface area contributed by atoms with Crippen molar-refractivity contribution in [2.75, 3.05) is 0 Å². The Morgan fingerprint density at radius 2 is 2.54 bits per heavy atom. The molecule has 1 rings (SSSR count). The standard InChI is InChI=1S/C7H4N4O2/c8-4-2-1-3-6-7(11(12)13)10-5-9-6/h5H,2H2,(H,9,10). The van der Waals surface area contributed by atoms with Crippen molar-refractivity contribution in [2.45, 2.75) is 6.42 Å².